The number of nitrogens with one attached hydrogen (secondary N) is 1. The lowest BCUT2D eigenvalue weighted by atomic mass is 10.1. The summed E-state index contributed by atoms with van der Waals surface area (Å²) >= 11 is 0. The van der Waals surface area contributed by atoms with Gasteiger partial charge < -0.3 is 25.5 Å². The van der Waals surface area contributed by atoms with Gasteiger partial charge in [-0.05, 0) is 13.3 Å². The zero-order valence-corrected chi connectivity index (χ0v) is 13.3. The number of aliphatic hydroxyl groups excluding tert-OH is 1. The molecule has 0 unspecified atom stereocenters. The van der Waals surface area contributed by atoms with Gasteiger partial charge in [0.2, 0.25) is 5.95 Å². The number of carbonyl (C=O) groups is 1. The van der Waals surface area contributed by atoms with E-state index in [0.29, 0.717) is 23.6 Å². The Labute approximate surface area is 138 Å². The van der Waals surface area contributed by atoms with Gasteiger partial charge in [0.25, 0.3) is 0 Å². The number of fused-ring (bicyclic) bond motifs is 1. The van der Waals surface area contributed by atoms with Crippen LogP contribution in [0.3, 0.4) is 0 Å². The molecule has 9 heteroatoms. The highest BCUT2D eigenvalue weighted by atomic mass is 16.5. The lowest BCUT2D eigenvalue weighted by Gasteiger charge is -2.13. The van der Waals surface area contributed by atoms with Crippen LogP contribution in [0, 0.1) is 5.92 Å². The second kappa shape index (κ2) is 6.83. The smallest absolute Gasteiger partial charge is 0.325 e. The van der Waals surface area contributed by atoms with E-state index in [9.17, 15) is 9.90 Å². The van der Waals surface area contributed by atoms with Crippen LogP contribution in [0.1, 0.15) is 19.4 Å². The lowest BCUT2D eigenvalue weighted by Crippen LogP contribution is -2.18. The third kappa shape index (κ3) is 3.16. The quantitative estimate of drug-likeness (QED) is 0.515. The van der Waals surface area contributed by atoms with Crippen molar-refractivity contribution in [1.29, 1.82) is 0 Å². The van der Waals surface area contributed by atoms with Crippen molar-refractivity contribution in [1.82, 2.24) is 19.5 Å². The van der Waals surface area contributed by atoms with Crippen molar-refractivity contribution in [3.8, 4) is 0 Å². The third-order valence-corrected chi connectivity index (χ3v) is 3.89. The summed E-state index contributed by atoms with van der Waals surface area (Å²) in [6.07, 6.45) is 6.45. The van der Waals surface area contributed by atoms with Crippen LogP contribution in [0.5, 0.6) is 0 Å². The molecule has 0 saturated heterocycles. The first-order chi connectivity index (χ1) is 11.6. The lowest BCUT2D eigenvalue weighted by molar-refractivity contribution is -0.140. The zero-order chi connectivity index (χ0) is 17.1. The SMILES string of the molecule is CCOC(=O)CNc1nc(N)nc2c1ncn2[C@H]1C=C[C@@H](CO)C1. The normalized spacial score (nSPS) is 19.8. The van der Waals surface area contributed by atoms with E-state index >= 15 is 0 Å². The number of anilines is 2. The van der Waals surface area contributed by atoms with Crippen molar-refractivity contribution in [2.75, 3.05) is 30.8 Å². The first kappa shape index (κ1) is 16.2. The van der Waals surface area contributed by atoms with Gasteiger partial charge in [0.1, 0.15) is 6.54 Å². The molecule has 2 aromatic rings. The fourth-order valence-electron chi connectivity index (χ4n) is 2.76. The monoisotopic (exact) mass is 332 g/mol. The fraction of sp³-hybridized carbons (Fsp3) is 0.467. The van der Waals surface area contributed by atoms with Gasteiger partial charge >= 0.3 is 5.97 Å². The summed E-state index contributed by atoms with van der Waals surface area (Å²) in [5.41, 5.74) is 6.91. The van der Waals surface area contributed by atoms with Gasteiger partial charge in [-0.2, -0.15) is 9.97 Å². The Bertz CT molecular complexity index is 772. The van der Waals surface area contributed by atoms with E-state index in [4.69, 9.17) is 10.5 Å². The molecule has 0 spiro atoms. The number of nitrogens with two attached hydrogens (primary N) is 1. The van der Waals surface area contributed by atoms with Crippen molar-refractivity contribution in [2.24, 2.45) is 5.92 Å². The number of esters is 1. The zero-order valence-electron chi connectivity index (χ0n) is 13.3. The molecular formula is C15H20N6O3. The number of rotatable bonds is 6. The van der Waals surface area contributed by atoms with Gasteiger partial charge in [0.05, 0.1) is 19.0 Å². The average Bonchev–Trinajstić information content (AvgIpc) is 3.18. The molecule has 2 atom stereocenters. The Kier molecular flexibility index (Phi) is 4.61. The second-order valence-electron chi connectivity index (χ2n) is 5.54. The molecule has 2 heterocycles. The van der Waals surface area contributed by atoms with Crippen LogP contribution in [-0.2, 0) is 9.53 Å². The summed E-state index contributed by atoms with van der Waals surface area (Å²) in [6.45, 7) is 2.15. The summed E-state index contributed by atoms with van der Waals surface area (Å²) in [5.74, 6) is 0.237. The summed E-state index contributed by atoms with van der Waals surface area (Å²) in [6, 6.07) is 0.0550. The second-order valence-corrected chi connectivity index (χ2v) is 5.54. The van der Waals surface area contributed by atoms with Crippen molar-refractivity contribution in [3.63, 3.8) is 0 Å². The molecule has 0 bridgehead atoms. The standard InChI is InChI=1S/C15H20N6O3/c1-2-24-11(23)6-17-13-12-14(20-15(16)19-13)21(8-18-12)10-4-3-9(5-10)7-22/h3-4,8-10,22H,2,5-7H2,1H3,(H3,16,17,19,20)/t9-,10+/m1/s1. The number of allylic oxidation sites excluding steroid dienone is 1. The number of aromatic nitrogens is 4. The predicted molar refractivity (Wildman–Crippen MR) is 88.2 cm³/mol. The van der Waals surface area contributed by atoms with E-state index in [1.807, 2.05) is 16.7 Å². The van der Waals surface area contributed by atoms with Crippen molar-refractivity contribution in [2.45, 2.75) is 19.4 Å². The maximum absolute atomic E-state index is 11.5. The third-order valence-electron chi connectivity index (χ3n) is 3.89. The van der Waals surface area contributed by atoms with Crippen molar-refractivity contribution in [3.05, 3.63) is 18.5 Å². The molecule has 1 aliphatic rings. The van der Waals surface area contributed by atoms with Gasteiger partial charge in [-0.3, -0.25) is 4.79 Å². The summed E-state index contributed by atoms with van der Waals surface area (Å²) in [7, 11) is 0. The molecule has 0 fully saturated rings. The molecule has 0 radical (unpaired) electrons. The first-order valence-corrected chi connectivity index (χ1v) is 7.81. The molecule has 0 saturated carbocycles. The summed E-state index contributed by atoms with van der Waals surface area (Å²) in [4.78, 5) is 24.2. The number of nitrogens with zero attached hydrogens (tertiary/aromatic N) is 4. The van der Waals surface area contributed by atoms with Gasteiger partial charge in [-0.1, -0.05) is 12.2 Å². The van der Waals surface area contributed by atoms with Crippen LogP contribution in [0.4, 0.5) is 11.8 Å². The molecule has 4 N–H and O–H groups in total. The van der Waals surface area contributed by atoms with Crippen molar-refractivity contribution < 1.29 is 14.6 Å². The first-order valence-electron chi connectivity index (χ1n) is 7.81. The van der Waals surface area contributed by atoms with Gasteiger partial charge in [0.15, 0.2) is 17.0 Å². The van der Waals surface area contributed by atoms with E-state index in [-0.39, 0.29) is 37.0 Å². The molecule has 9 nitrogen and oxygen atoms in total. The summed E-state index contributed by atoms with van der Waals surface area (Å²) in [5, 5.41) is 12.2. The number of ether oxygens (including phenoxy) is 1. The highest BCUT2D eigenvalue weighted by Gasteiger charge is 2.23. The highest BCUT2D eigenvalue weighted by molar-refractivity contribution is 5.86. The van der Waals surface area contributed by atoms with Crippen LogP contribution in [-0.4, -0.2) is 50.4 Å². The maximum atomic E-state index is 11.5. The number of hydrogen-bond donors (Lipinski definition) is 3. The maximum Gasteiger partial charge on any atom is 0.325 e. The largest absolute Gasteiger partial charge is 0.465 e. The van der Waals surface area contributed by atoms with Crippen LogP contribution in [0.15, 0.2) is 18.5 Å². The average molecular weight is 332 g/mol. The number of hydrogen-bond acceptors (Lipinski definition) is 8. The Balaban J connectivity index is 1.87. The number of carbonyl (C=O) groups excluding carboxylic acids is 1. The van der Waals surface area contributed by atoms with Gasteiger partial charge in [-0.15, -0.1) is 0 Å². The molecule has 2 aromatic heterocycles. The Morgan fingerprint density at radius 1 is 1.50 bits per heavy atom. The molecule has 1 aliphatic carbocycles. The van der Waals surface area contributed by atoms with Crippen LogP contribution in [0.2, 0.25) is 0 Å². The molecule has 3 rings (SSSR count). The van der Waals surface area contributed by atoms with Gasteiger partial charge in [0, 0.05) is 12.5 Å². The Morgan fingerprint density at radius 2 is 2.33 bits per heavy atom. The topological polar surface area (TPSA) is 128 Å². The Hall–Kier alpha value is -2.68. The number of imidazole rings is 1. The van der Waals surface area contributed by atoms with E-state index in [0.717, 1.165) is 6.42 Å². The minimum atomic E-state index is -0.383. The van der Waals surface area contributed by atoms with E-state index in [2.05, 4.69) is 20.3 Å². The molecule has 0 aliphatic heterocycles. The molecular weight excluding hydrogens is 312 g/mol. The molecule has 0 amide bonds. The fourth-order valence-corrected chi connectivity index (χ4v) is 2.76. The number of nitrogen functional groups attached to an aromatic ring is 1. The highest BCUT2D eigenvalue weighted by Crippen LogP contribution is 2.31. The van der Waals surface area contributed by atoms with Crippen molar-refractivity contribution >= 4 is 28.9 Å². The molecule has 0 aromatic carbocycles. The van der Waals surface area contributed by atoms with E-state index < -0.39 is 0 Å². The van der Waals surface area contributed by atoms with Crippen LogP contribution in [0.25, 0.3) is 11.2 Å². The van der Waals surface area contributed by atoms with E-state index in [1.165, 1.54) is 0 Å². The van der Waals surface area contributed by atoms with Crippen LogP contribution < -0.4 is 11.1 Å². The minimum Gasteiger partial charge on any atom is -0.465 e. The predicted octanol–water partition coefficient (Wildman–Crippen LogP) is 0.493. The van der Waals surface area contributed by atoms with E-state index in [1.54, 1.807) is 13.3 Å². The molecule has 128 valence electrons. The minimum absolute atomic E-state index is 0.0256. The molecule has 24 heavy (non-hydrogen) atoms. The van der Waals surface area contributed by atoms with Crippen LogP contribution >= 0.6 is 0 Å². The van der Waals surface area contributed by atoms with Gasteiger partial charge in [-0.25, -0.2) is 4.98 Å². The Morgan fingerprint density at radius 3 is 3.04 bits per heavy atom. The number of aliphatic hydroxyl groups is 1. The summed E-state index contributed by atoms with van der Waals surface area (Å²) < 4.78 is 6.78.